The van der Waals surface area contributed by atoms with Crippen LogP contribution in [-0.2, 0) is 0 Å². The number of rotatable bonds is 3. The third-order valence-corrected chi connectivity index (χ3v) is 2.87. The second-order valence-electron chi connectivity index (χ2n) is 4.35. The average Bonchev–Trinajstić information content (AvgIpc) is 2.41. The predicted octanol–water partition coefficient (Wildman–Crippen LogP) is 2.49. The van der Waals surface area contributed by atoms with Gasteiger partial charge in [0.05, 0.1) is 0 Å². The molecule has 0 radical (unpaired) electrons. The van der Waals surface area contributed by atoms with Gasteiger partial charge in [0, 0.05) is 16.8 Å². The fourth-order valence-electron chi connectivity index (χ4n) is 1.75. The summed E-state index contributed by atoms with van der Waals surface area (Å²) < 4.78 is 12.8. The highest BCUT2D eigenvalue weighted by Crippen LogP contribution is 2.17. The fraction of sp³-hybridized carbons (Fsp3) is 0.0667. The summed E-state index contributed by atoms with van der Waals surface area (Å²) in [7, 11) is 0. The Morgan fingerprint density at radius 2 is 1.65 bits per heavy atom. The van der Waals surface area contributed by atoms with E-state index in [1.165, 1.54) is 30.3 Å². The van der Waals surface area contributed by atoms with Crippen LogP contribution in [0, 0.1) is 12.7 Å². The maximum atomic E-state index is 12.8. The van der Waals surface area contributed by atoms with E-state index in [4.69, 9.17) is 5.73 Å². The largest absolute Gasteiger partial charge is 0.366 e. The summed E-state index contributed by atoms with van der Waals surface area (Å²) >= 11 is 0. The smallest absolute Gasteiger partial charge is 0.255 e. The lowest BCUT2D eigenvalue weighted by Gasteiger charge is -2.09. The summed E-state index contributed by atoms with van der Waals surface area (Å²) in [6.07, 6.45) is 0. The number of amides is 2. The molecule has 0 aliphatic heterocycles. The number of halogens is 1. The molecule has 0 spiro atoms. The summed E-state index contributed by atoms with van der Waals surface area (Å²) in [5.74, 6) is -1.27. The lowest BCUT2D eigenvalue weighted by Crippen LogP contribution is -2.14. The van der Waals surface area contributed by atoms with E-state index in [0.717, 1.165) is 5.56 Å². The number of carbonyl (C=O) groups is 2. The van der Waals surface area contributed by atoms with Crippen LogP contribution in [0.2, 0.25) is 0 Å². The average molecular weight is 272 g/mol. The van der Waals surface area contributed by atoms with Crippen LogP contribution in [0.15, 0.2) is 42.5 Å². The van der Waals surface area contributed by atoms with Gasteiger partial charge >= 0.3 is 0 Å². The molecule has 2 aromatic carbocycles. The first kappa shape index (κ1) is 13.7. The number of carbonyl (C=O) groups excluding carboxylic acids is 2. The minimum atomic E-state index is -0.524. The molecule has 0 saturated carbocycles. The fourth-order valence-corrected chi connectivity index (χ4v) is 1.75. The highest BCUT2D eigenvalue weighted by molar-refractivity contribution is 6.05. The van der Waals surface area contributed by atoms with Crippen molar-refractivity contribution in [2.75, 3.05) is 5.32 Å². The van der Waals surface area contributed by atoms with Crippen molar-refractivity contribution >= 4 is 17.5 Å². The highest BCUT2D eigenvalue weighted by atomic mass is 19.1. The second kappa shape index (κ2) is 5.52. The van der Waals surface area contributed by atoms with Crippen LogP contribution in [0.3, 0.4) is 0 Å². The lowest BCUT2D eigenvalue weighted by atomic mass is 10.1. The number of nitrogens with two attached hydrogens (primary N) is 1. The van der Waals surface area contributed by atoms with Gasteiger partial charge in [-0.2, -0.15) is 0 Å². The topological polar surface area (TPSA) is 72.2 Å². The molecule has 3 N–H and O–H groups in total. The third kappa shape index (κ3) is 3.00. The van der Waals surface area contributed by atoms with Crippen LogP contribution in [0.25, 0.3) is 0 Å². The van der Waals surface area contributed by atoms with E-state index in [0.29, 0.717) is 16.8 Å². The summed E-state index contributed by atoms with van der Waals surface area (Å²) in [6.45, 7) is 1.76. The van der Waals surface area contributed by atoms with Gasteiger partial charge in [0.25, 0.3) is 5.91 Å². The van der Waals surface area contributed by atoms with Crippen LogP contribution in [-0.4, -0.2) is 11.8 Å². The van der Waals surface area contributed by atoms with Gasteiger partial charge in [0.1, 0.15) is 5.82 Å². The van der Waals surface area contributed by atoms with Crippen molar-refractivity contribution in [3.63, 3.8) is 0 Å². The monoisotopic (exact) mass is 272 g/mol. The van der Waals surface area contributed by atoms with E-state index in [9.17, 15) is 14.0 Å². The molecular formula is C15H13FN2O2. The van der Waals surface area contributed by atoms with Crippen molar-refractivity contribution in [3.05, 3.63) is 65.0 Å². The van der Waals surface area contributed by atoms with Crippen LogP contribution in [0.1, 0.15) is 26.3 Å². The zero-order chi connectivity index (χ0) is 14.7. The minimum absolute atomic E-state index is 0.347. The van der Waals surface area contributed by atoms with Crippen LogP contribution in [0.4, 0.5) is 10.1 Å². The number of anilines is 1. The standard InChI is InChI=1S/C15H13FN2O2/c1-9-8-11(14(17)19)4-7-13(9)18-15(20)10-2-5-12(16)6-3-10/h2-8H,1H3,(H2,17,19)(H,18,20). The van der Waals surface area contributed by atoms with Gasteiger partial charge in [-0.15, -0.1) is 0 Å². The molecule has 2 rings (SSSR count). The van der Waals surface area contributed by atoms with Gasteiger partial charge in [0.15, 0.2) is 0 Å². The number of hydrogen-bond donors (Lipinski definition) is 2. The molecule has 4 nitrogen and oxygen atoms in total. The van der Waals surface area contributed by atoms with Gasteiger partial charge in [-0.05, 0) is 55.0 Å². The van der Waals surface area contributed by atoms with Crippen molar-refractivity contribution in [3.8, 4) is 0 Å². The first-order valence-corrected chi connectivity index (χ1v) is 5.95. The second-order valence-corrected chi connectivity index (χ2v) is 4.35. The summed E-state index contributed by atoms with van der Waals surface area (Å²) in [5, 5.41) is 2.70. The van der Waals surface area contributed by atoms with E-state index in [2.05, 4.69) is 5.32 Å². The molecule has 0 heterocycles. The summed E-state index contributed by atoms with van der Waals surface area (Å²) in [4.78, 5) is 23.0. The van der Waals surface area contributed by atoms with Gasteiger partial charge in [-0.3, -0.25) is 9.59 Å². The Morgan fingerprint density at radius 1 is 1.05 bits per heavy atom. The Labute approximate surface area is 115 Å². The molecule has 0 atom stereocenters. The summed E-state index contributed by atoms with van der Waals surface area (Å²) in [5.41, 5.74) is 7.20. The molecular weight excluding hydrogens is 259 g/mol. The summed E-state index contributed by atoms with van der Waals surface area (Å²) in [6, 6.07) is 9.99. The number of nitrogens with one attached hydrogen (secondary N) is 1. The zero-order valence-electron chi connectivity index (χ0n) is 10.8. The SMILES string of the molecule is Cc1cc(C(N)=O)ccc1NC(=O)c1ccc(F)cc1. The normalized spacial score (nSPS) is 10.1. The van der Waals surface area contributed by atoms with Crippen molar-refractivity contribution in [2.24, 2.45) is 5.73 Å². The van der Waals surface area contributed by atoms with E-state index in [1.54, 1.807) is 19.1 Å². The molecule has 0 saturated heterocycles. The first-order valence-electron chi connectivity index (χ1n) is 5.95. The van der Waals surface area contributed by atoms with Crippen molar-refractivity contribution in [1.29, 1.82) is 0 Å². The van der Waals surface area contributed by atoms with Crippen LogP contribution in [0.5, 0.6) is 0 Å². The van der Waals surface area contributed by atoms with Gasteiger partial charge in [-0.25, -0.2) is 4.39 Å². The predicted molar refractivity (Wildman–Crippen MR) is 74.1 cm³/mol. The first-order chi connectivity index (χ1) is 9.47. The third-order valence-electron chi connectivity index (χ3n) is 2.87. The van der Waals surface area contributed by atoms with Crippen LogP contribution >= 0.6 is 0 Å². The van der Waals surface area contributed by atoms with E-state index < -0.39 is 11.7 Å². The molecule has 2 amide bonds. The number of hydrogen-bond acceptors (Lipinski definition) is 2. The maximum absolute atomic E-state index is 12.8. The Kier molecular flexibility index (Phi) is 3.79. The Bertz CT molecular complexity index is 666. The number of primary amides is 1. The molecule has 0 unspecified atom stereocenters. The van der Waals surface area contributed by atoms with Gasteiger partial charge in [0.2, 0.25) is 5.91 Å². The Morgan fingerprint density at radius 3 is 2.20 bits per heavy atom. The zero-order valence-corrected chi connectivity index (χ0v) is 10.8. The quantitative estimate of drug-likeness (QED) is 0.901. The molecule has 0 aromatic heterocycles. The molecule has 0 bridgehead atoms. The van der Waals surface area contributed by atoms with Crippen LogP contribution < -0.4 is 11.1 Å². The maximum Gasteiger partial charge on any atom is 0.255 e. The molecule has 5 heteroatoms. The van der Waals surface area contributed by atoms with Crippen molar-refractivity contribution < 1.29 is 14.0 Å². The van der Waals surface area contributed by atoms with E-state index >= 15 is 0 Å². The van der Waals surface area contributed by atoms with Crippen molar-refractivity contribution in [1.82, 2.24) is 0 Å². The molecule has 0 aliphatic rings. The lowest BCUT2D eigenvalue weighted by molar-refractivity contribution is 0.0998. The molecule has 0 fully saturated rings. The Hall–Kier alpha value is -2.69. The molecule has 102 valence electrons. The van der Waals surface area contributed by atoms with Gasteiger partial charge < -0.3 is 11.1 Å². The molecule has 20 heavy (non-hydrogen) atoms. The minimum Gasteiger partial charge on any atom is -0.366 e. The van der Waals surface area contributed by atoms with E-state index in [-0.39, 0.29) is 5.91 Å². The van der Waals surface area contributed by atoms with Crippen molar-refractivity contribution in [2.45, 2.75) is 6.92 Å². The van der Waals surface area contributed by atoms with Gasteiger partial charge in [-0.1, -0.05) is 0 Å². The number of benzene rings is 2. The molecule has 0 aliphatic carbocycles. The Balaban J connectivity index is 2.19. The van der Waals surface area contributed by atoms with E-state index in [1.807, 2.05) is 0 Å². The highest BCUT2D eigenvalue weighted by Gasteiger charge is 2.09. The molecule has 2 aromatic rings. The number of aryl methyl sites for hydroxylation is 1.